The Balaban J connectivity index is 2.05. The van der Waals surface area contributed by atoms with Gasteiger partial charge in [-0.25, -0.2) is 8.42 Å². The summed E-state index contributed by atoms with van der Waals surface area (Å²) in [6.07, 6.45) is 3.16. The minimum Gasteiger partial charge on any atom is -0.335 e. The van der Waals surface area contributed by atoms with Crippen LogP contribution in [0, 0.1) is 13.8 Å². The molecule has 7 heteroatoms. The van der Waals surface area contributed by atoms with E-state index < -0.39 is 9.84 Å². The van der Waals surface area contributed by atoms with Crippen LogP contribution in [0.5, 0.6) is 0 Å². The first-order valence-corrected chi connectivity index (χ1v) is 9.67. The molecule has 2 rings (SSSR count). The molecule has 0 spiro atoms. The lowest BCUT2D eigenvalue weighted by molar-refractivity contribution is -0.132. The Hall–Kier alpha value is -1.63. The monoisotopic (exact) mass is 339 g/mol. The second-order valence-electron chi connectivity index (χ2n) is 6.16. The summed E-state index contributed by atoms with van der Waals surface area (Å²) < 4.78 is 25.2. The number of rotatable bonds is 6. The van der Waals surface area contributed by atoms with Gasteiger partial charge in [0.15, 0.2) is 9.84 Å². The summed E-state index contributed by atoms with van der Waals surface area (Å²) >= 11 is 0. The van der Waals surface area contributed by atoms with E-state index in [2.05, 4.69) is 11.7 Å². The van der Waals surface area contributed by atoms with Gasteiger partial charge in [0.05, 0.1) is 17.2 Å². The lowest BCUT2D eigenvalue weighted by atomic mass is 10.1. The molecule has 1 amide bonds. The van der Waals surface area contributed by atoms with Gasteiger partial charge in [0.1, 0.15) is 0 Å². The van der Waals surface area contributed by atoms with Crippen molar-refractivity contribution < 1.29 is 13.2 Å². The van der Waals surface area contributed by atoms with Crippen LogP contribution in [0.4, 0.5) is 0 Å². The first kappa shape index (κ1) is 17.7. The molecule has 1 fully saturated rings. The maximum Gasteiger partial charge on any atom is 0.223 e. The van der Waals surface area contributed by atoms with E-state index in [0.29, 0.717) is 25.8 Å². The van der Waals surface area contributed by atoms with E-state index in [1.54, 1.807) is 11.0 Å². The lowest BCUT2D eigenvalue weighted by Crippen LogP contribution is -2.41. The first-order chi connectivity index (χ1) is 10.7. The molecule has 0 aromatic carbocycles. The van der Waals surface area contributed by atoms with E-state index in [1.165, 1.54) is 0 Å². The molecular weight excluding hydrogens is 314 g/mol. The van der Waals surface area contributed by atoms with Gasteiger partial charge >= 0.3 is 0 Å². The summed E-state index contributed by atoms with van der Waals surface area (Å²) in [6, 6.07) is -0.221. The van der Waals surface area contributed by atoms with Crippen LogP contribution in [0.15, 0.2) is 12.7 Å². The van der Waals surface area contributed by atoms with E-state index in [4.69, 9.17) is 0 Å². The Bertz CT molecular complexity index is 706. The third-order valence-corrected chi connectivity index (χ3v) is 6.29. The summed E-state index contributed by atoms with van der Waals surface area (Å²) in [4.78, 5) is 14.3. The van der Waals surface area contributed by atoms with Crippen molar-refractivity contribution in [2.45, 2.75) is 39.2 Å². The van der Waals surface area contributed by atoms with Gasteiger partial charge in [0.25, 0.3) is 0 Å². The van der Waals surface area contributed by atoms with Crippen LogP contribution in [0.3, 0.4) is 0 Å². The highest BCUT2D eigenvalue weighted by Gasteiger charge is 2.33. The zero-order valence-corrected chi connectivity index (χ0v) is 14.9. The molecule has 0 saturated carbocycles. The molecule has 0 aliphatic carbocycles. The molecule has 1 aliphatic rings. The average Bonchev–Trinajstić information content (AvgIpc) is 2.94. The molecule has 6 nitrogen and oxygen atoms in total. The van der Waals surface area contributed by atoms with Crippen molar-refractivity contribution in [2.24, 2.45) is 7.05 Å². The summed E-state index contributed by atoms with van der Waals surface area (Å²) in [7, 11) is -1.12. The van der Waals surface area contributed by atoms with Gasteiger partial charge in [0, 0.05) is 31.7 Å². The highest BCUT2D eigenvalue weighted by atomic mass is 32.2. The Morgan fingerprint density at radius 1 is 1.48 bits per heavy atom. The van der Waals surface area contributed by atoms with Gasteiger partial charge in [-0.05, 0) is 32.3 Å². The molecule has 1 atom stereocenters. The Kier molecular flexibility index (Phi) is 5.29. The number of amides is 1. The summed E-state index contributed by atoms with van der Waals surface area (Å²) in [5, 5.41) is 4.36. The van der Waals surface area contributed by atoms with Gasteiger partial charge in [-0.3, -0.25) is 9.48 Å². The van der Waals surface area contributed by atoms with E-state index >= 15 is 0 Å². The molecule has 23 heavy (non-hydrogen) atoms. The number of carbonyl (C=O) groups excluding carboxylic acids is 1. The molecule has 1 saturated heterocycles. The predicted octanol–water partition coefficient (Wildman–Crippen LogP) is 1.17. The average molecular weight is 339 g/mol. The number of aryl methyl sites for hydroxylation is 2. The van der Waals surface area contributed by atoms with Crippen molar-refractivity contribution in [2.75, 3.05) is 18.1 Å². The van der Waals surface area contributed by atoms with Gasteiger partial charge in [-0.1, -0.05) is 6.08 Å². The van der Waals surface area contributed by atoms with Crippen LogP contribution in [0.1, 0.15) is 29.8 Å². The molecule has 2 heterocycles. The second-order valence-corrected chi connectivity index (χ2v) is 8.39. The normalized spacial score (nSPS) is 19.7. The van der Waals surface area contributed by atoms with Crippen molar-refractivity contribution >= 4 is 15.7 Å². The summed E-state index contributed by atoms with van der Waals surface area (Å²) in [5.41, 5.74) is 3.10. The third-order valence-electron chi connectivity index (χ3n) is 4.54. The maximum atomic E-state index is 12.6. The van der Waals surface area contributed by atoms with Crippen molar-refractivity contribution in [1.82, 2.24) is 14.7 Å². The Morgan fingerprint density at radius 3 is 2.65 bits per heavy atom. The molecule has 0 N–H and O–H groups in total. The van der Waals surface area contributed by atoms with Crippen molar-refractivity contribution in [1.29, 1.82) is 0 Å². The largest absolute Gasteiger partial charge is 0.335 e. The van der Waals surface area contributed by atoms with Crippen LogP contribution < -0.4 is 0 Å². The van der Waals surface area contributed by atoms with E-state index in [9.17, 15) is 13.2 Å². The molecule has 0 unspecified atom stereocenters. The fraction of sp³-hybridized carbons (Fsp3) is 0.625. The number of sulfone groups is 1. The SMILES string of the molecule is C=CCN(C(=O)CCc1c(C)nn(C)c1C)[C@@H]1CCS(=O)(=O)C1. The highest BCUT2D eigenvalue weighted by Crippen LogP contribution is 2.20. The van der Waals surface area contributed by atoms with Crippen LogP contribution >= 0.6 is 0 Å². The molecule has 1 aromatic heterocycles. The summed E-state index contributed by atoms with van der Waals surface area (Å²) in [6.45, 7) is 8.01. The molecule has 128 valence electrons. The molecule has 0 radical (unpaired) electrons. The Labute approximate surface area is 138 Å². The zero-order valence-electron chi connectivity index (χ0n) is 14.1. The number of carbonyl (C=O) groups is 1. The minimum atomic E-state index is -3.01. The highest BCUT2D eigenvalue weighted by molar-refractivity contribution is 7.91. The van der Waals surface area contributed by atoms with Crippen LogP contribution in [0.2, 0.25) is 0 Å². The number of aromatic nitrogens is 2. The Morgan fingerprint density at radius 2 is 2.17 bits per heavy atom. The van der Waals surface area contributed by atoms with Gasteiger partial charge in [0.2, 0.25) is 5.91 Å². The number of nitrogens with zero attached hydrogens (tertiary/aromatic N) is 3. The van der Waals surface area contributed by atoms with Crippen molar-refractivity contribution in [3.8, 4) is 0 Å². The second kappa shape index (κ2) is 6.86. The topological polar surface area (TPSA) is 72.3 Å². The summed E-state index contributed by atoms with van der Waals surface area (Å²) in [5.74, 6) is 0.214. The minimum absolute atomic E-state index is 0.0188. The molecule has 1 aliphatic heterocycles. The van der Waals surface area contributed by atoms with E-state index in [1.807, 2.05) is 25.6 Å². The smallest absolute Gasteiger partial charge is 0.223 e. The lowest BCUT2D eigenvalue weighted by Gasteiger charge is -2.27. The standard InChI is InChI=1S/C16H25N3O3S/c1-5-9-19(14-8-10-23(21,22)11-14)16(20)7-6-15-12(2)17-18(4)13(15)3/h5,14H,1,6-11H2,2-4H3/t14-/m1/s1. The maximum absolute atomic E-state index is 12.6. The predicted molar refractivity (Wildman–Crippen MR) is 90.0 cm³/mol. The zero-order chi connectivity index (χ0) is 17.2. The van der Waals surface area contributed by atoms with Crippen LogP contribution in [0.25, 0.3) is 0 Å². The third kappa shape index (κ3) is 4.02. The van der Waals surface area contributed by atoms with E-state index in [0.717, 1.165) is 17.0 Å². The fourth-order valence-electron chi connectivity index (χ4n) is 3.17. The molecule has 0 bridgehead atoms. The van der Waals surface area contributed by atoms with Crippen LogP contribution in [-0.2, 0) is 28.1 Å². The van der Waals surface area contributed by atoms with Crippen molar-refractivity contribution in [3.63, 3.8) is 0 Å². The first-order valence-electron chi connectivity index (χ1n) is 7.85. The quantitative estimate of drug-likeness (QED) is 0.730. The van der Waals surface area contributed by atoms with Gasteiger partial charge in [-0.2, -0.15) is 5.10 Å². The van der Waals surface area contributed by atoms with Gasteiger partial charge < -0.3 is 4.90 Å². The molecule has 1 aromatic rings. The number of hydrogen-bond acceptors (Lipinski definition) is 4. The van der Waals surface area contributed by atoms with Crippen molar-refractivity contribution in [3.05, 3.63) is 29.6 Å². The molecular formula is C16H25N3O3S. The van der Waals surface area contributed by atoms with Gasteiger partial charge in [-0.15, -0.1) is 6.58 Å². The van der Waals surface area contributed by atoms with E-state index in [-0.39, 0.29) is 23.5 Å². The van der Waals surface area contributed by atoms with Crippen LogP contribution in [-0.4, -0.2) is 53.1 Å². The number of hydrogen-bond donors (Lipinski definition) is 0. The fourth-order valence-corrected chi connectivity index (χ4v) is 4.90.